The van der Waals surface area contributed by atoms with E-state index in [1.807, 2.05) is 6.07 Å². The molecule has 2 N–H and O–H groups in total. The van der Waals surface area contributed by atoms with Gasteiger partial charge >= 0.3 is 6.08 Å². The van der Waals surface area contributed by atoms with Crippen LogP contribution in [0.15, 0.2) is 34.9 Å². The number of fused-ring (bicyclic) bond motifs is 2. The highest BCUT2D eigenvalue weighted by Crippen LogP contribution is 2.34. The number of oxazole rings is 1. The van der Waals surface area contributed by atoms with E-state index in [9.17, 15) is 9.18 Å². The van der Waals surface area contributed by atoms with E-state index in [0.717, 1.165) is 18.8 Å². The van der Waals surface area contributed by atoms with Crippen LogP contribution in [0.25, 0.3) is 22.0 Å². The summed E-state index contributed by atoms with van der Waals surface area (Å²) in [6.07, 6.45) is 1.77. The number of rotatable bonds is 4. The molecule has 0 radical (unpaired) electrons. The second-order valence-electron chi connectivity index (χ2n) is 8.52. The maximum absolute atomic E-state index is 14.5. The Kier molecular flexibility index (Phi) is 5.16. The third-order valence-electron chi connectivity index (χ3n) is 5.76. The number of aromatic nitrogens is 3. The van der Waals surface area contributed by atoms with Crippen LogP contribution in [0.3, 0.4) is 0 Å². The maximum Gasteiger partial charge on any atom is 0.394 e. The van der Waals surface area contributed by atoms with Crippen LogP contribution >= 0.6 is 0 Å². The third-order valence-corrected chi connectivity index (χ3v) is 5.76. The Bertz CT molecular complexity index is 1350. The van der Waals surface area contributed by atoms with Gasteiger partial charge in [-0.25, -0.2) is 4.39 Å². The Morgan fingerprint density at radius 2 is 2.00 bits per heavy atom. The summed E-state index contributed by atoms with van der Waals surface area (Å²) in [5, 5.41) is 11.0. The minimum Gasteiger partial charge on any atom is -0.453 e. The second-order valence-corrected chi connectivity index (χ2v) is 8.52. The summed E-state index contributed by atoms with van der Waals surface area (Å²) < 4.78 is 27.0. The number of halogens is 1. The van der Waals surface area contributed by atoms with Crippen molar-refractivity contribution < 1.29 is 18.3 Å². The van der Waals surface area contributed by atoms with Crippen LogP contribution in [-0.2, 0) is 7.05 Å². The van der Waals surface area contributed by atoms with Gasteiger partial charge in [-0.15, -0.1) is 0 Å². The number of carbonyl (C=O) groups is 1. The van der Waals surface area contributed by atoms with Crippen molar-refractivity contribution in [1.29, 1.82) is 0 Å². The van der Waals surface area contributed by atoms with E-state index < -0.39 is 11.7 Å². The molecule has 0 aliphatic carbocycles. The number of benzene rings is 2. The zero-order valence-corrected chi connectivity index (χ0v) is 18.8. The monoisotopic (exact) mass is 452 g/mol. The van der Waals surface area contributed by atoms with Crippen molar-refractivity contribution >= 4 is 39.3 Å². The second kappa shape index (κ2) is 8.04. The molecule has 1 amide bonds. The first kappa shape index (κ1) is 21.2. The van der Waals surface area contributed by atoms with E-state index in [1.54, 1.807) is 25.4 Å². The van der Waals surface area contributed by atoms with E-state index in [1.165, 1.54) is 17.9 Å². The number of nitrogens with one attached hydrogen (secondary N) is 2. The maximum atomic E-state index is 14.5. The molecule has 10 heteroatoms. The Morgan fingerprint density at radius 1 is 1.24 bits per heavy atom. The first-order valence-electron chi connectivity index (χ1n) is 10.7. The number of methoxy groups -OCH3 is 1. The van der Waals surface area contributed by atoms with Gasteiger partial charge in [-0.3, -0.25) is 9.48 Å². The van der Waals surface area contributed by atoms with Crippen molar-refractivity contribution in [2.75, 3.05) is 30.4 Å². The Hall–Kier alpha value is -3.66. The lowest BCUT2D eigenvalue weighted by atomic mass is 10.1. The number of hydrogen-bond acceptors (Lipinski definition) is 7. The summed E-state index contributed by atoms with van der Waals surface area (Å²) in [7, 11) is 3.18. The van der Waals surface area contributed by atoms with Crippen molar-refractivity contribution in [1.82, 2.24) is 20.1 Å². The molecule has 5 rings (SSSR count). The quantitative estimate of drug-likeness (QED) is 0.490. The molecule has 0 unspecified atom stereocenters. The molecule has 0 saturated carbocycles. The smallest absolute Gasteiger partial charge is 0.394 e. The molecular weight excluding hydrogens is 427 g/mol. The highest BCUT2D eigenvalue weighted by Gasteiger charge is 2.26. The molecule has 1 aliphatic heterocycles. The predicted molar refractivity (Wildman–Crippen MR) is 123 cm³/mol. The molecule has 1 saturated heterocycles. The number of amides is 1. The van der Waals surface area contributed by atoms with Crippen molar-refractivity contribution in [2.45, 2.75) is 25.9 Å². The predicted octanol–water partition coefficient (Wildman–Crippen LogP) is 3.30. The molecule has 1 aliphatic rings. The summed E-state index contributed by atoms with van der Waals surface area (Å²) in [6.45, 7) is 5.83. The number of ether oxygens (including phenoxy) is 1. The molecule has 2 atom stereocenters. The Morgan fingerprint density at radius 3 is 2.73 bits per heavy atom. The number of nitrogens with zero attached hydrogens (tertiary/aromatic N) is 4. The highest BCUT2D eigenvalue weighted by atomic mass is 19.1. The average Bonchev–Trinajstić information content (AvgIpc) is 3.35. The molecule has 0 bridgehead atoms. The summed E-state index contributed by atoms with van der Waals surface area (Å²) in [6, 6.07) is 7.11. The van der Waals surface area contributed by atoms with Gasteiger partial charge in [0.25, 0.3) is 5.91 Å². The van der Waals surface area contributed by atoms with Gasteiger partial charge in [-0.2, -0.15) is 10.1 Å². The molecule has 3 heterocycles. The van der Waals surface area contributed by atoms with Crippen LogP contribution in [0.1, 0.15) is 24.2 Å². The lowest BCUT2D eigenvalue weighted by molar-refractivity contribution is 0.102. The zero-order chi connectivity index (χ0) is 23.3. The SMILES string of the molecule is COc1nc2c(C(=O)Nc3cc(F)c4nn(C)cc4c3)ccc(N3C[C@H](C)N[C@@H](C)C3)c2o1. The van der Waals surface area contributed by atoms with Gasteiger partial charge in [-0.1, -0.05) is 0 Å². The standard InChI is InChI=1S/C23H25FN6O3/c1-12-9-30(10-13(2)25-12)18-6-5-16(20-21(18)33-23(27-20)32-4)22(31)26-15-7-14-11-29(3)28-19(14)17(24)8-15/h5-8,11-13,25H,9-10H2,1-4H3,(H,26,31)/t12-,13-/m0/s1. The highest BCUT2D eigenvalue weighted by molar-refractivity contribution is 6.13. The number of hydrogen-bond donors (Lipinski definition) is 2. The molecule has 2 aromatic heterocycles. The fourth-order valence-electron chi connectivity index (χ4n) is 4.50. The van der Waals surface area contributed by atoms with Crippen LogP contribution < -0.4 is 20.3 Å². The topological polar surface area (TPSA) is 97.4 Å². The van der Waals surface area contributed by atoms with E-state index in [2.05, 4.69) is 39.5 Å². The fraction of sp³-hybridized carbons (Fsp3) is 0.348. The molecule has 2 aromatic carbocycles. The van der Waals surface area contributed by atoms with Gasteiger partial charge < -0.3 is 24.7 Å². The van der Waals surface area contributed by atoms with Gasteiger partial charge in [-0.05, 0) is 38.1 Å². The number of piperazine rings is 1. The fourth-order valence-corrected chi connectivity index (χ4v) is 4.50. The zero-order valence-electron chi connectivity index (χ0n) is 18.8. The Labute approximate surface area is 189 Å². The summed E-state index contributed by atoms with van der Waals surface area (Å²) in [4.78, 5) is 19.8. The molecule has 1 fully saturated rings. The van der Waals surface area contributed by atoms with Gasteiger partial charge in [0, 0.05) is 49.5 Å². The molecule has 9 nitrogen and oxygen atoms in total. The first-order chi connectivity index (χ1) is 15.8. The average molecular weight is 452 g/mol. The summed E-state index contributed by atoms with van der Waals surface area (Å²) in [5.41, 5.74) is 2.61. The van der Waals surface area contributed by atoms with Gasteiger partial charge in [0.05, 0.1) is 18.4 Å². The van der Waals surface area contributed by atoms with Crippen LogP contribution in [-0.4, -0.2) is 53.0 Å². The number of aryl methyl sites for hydroxylation is 1. The van der Waals surface area contributed by atoms with Crippen molar-refractivity contribution in [3.63, 3.8) is 0 Å². The third kappa shape index (κ3) is 3.86. The first-order valence-corrected chi connectivity index (χ1v) is 10.7. The van der Waals surface area contributed by atoms with E-state index in [0.29, 0.717) is 39.8 Å². The van der Waals surface area contributed by atoms with Crippen LogP contribution in [0.4, 0.5) is 15.8 Å². The number of anilines is 2. The minimum absolute atomic E-state index is 0.0746. The Balaban J connectivity index is 1.52. The van der Waals surface area contributed by atoms with Gasteiger partial charge in [0.1, 0.15) is 11.0 Å². The van der Waals surface area contributed by atoms with Crippen molar-refractivity contribution in [3.05, 3.63) is 41.8 Å². The summed E-state index contributed by atoms with van der Waals surface area (Å²) in [5.74, 6) is -0.930. The molecule has 0 spiro atoms. The van der Waals surface area contributed by atoms with E-state index in [4.69, 9.17) is 9.15 Å². The summed E-state index contributed by atoms with van der Waals surface area (Å²) >= 11 is 0. The minimum atomic E-state index is -0.506. The number of carbonyl (C=O) groups excluding carboxylic acids is 1. The lowest BCUT2D eigenvalue weighted by Crippen LogP contribution is -2.54. The molecular formula is C23H25FN6O3. The van der Waals surface area contributed by atoms with Crippen LogP contribution in [0.5, 0.6) is 6.08 Å². The molecule has 4 aromatic rings. The van der Waals surface area contributed by atoms with Crippen LogP contribution in [0.2, 0.25) is 0 Å². The van der Waals surface area contributed by atoms with Crippen LogP contribution in [0, 0.1) is 5.82 Å². The van der Waals surface area contributed by atoms with Gasteiger partial charge in [0.2, 0.25) is 0 Å². The molecule has 33 heavy (non-hydrogen) atoms. The largest absolute Gasteiger partial charge is 0.453 e. The van der Waals surface area contributed by atoms with Gasteiger partial charge in [0.15, 0.2) is 11.4 Å². The van der Waals surface area contributed by atoms with Crippen molar-refractivity contribution in [2.24, 2.45) is 7.05 Å². The van der Waals surface area contributed by atoms with Crippen molar-refractivity contribution in [3.8, 4) is 6.08 Å². The lowest BCUT2D eigenvalue weighted by Gasteiger charge is -2.37. The normalized spacial score (nSPS) is 18.8. The molecule has 172 valence electrons. The van der Waals surface area contributed by atoms with E-state index in [-0.39, 0.29) is 11.6 Å². The van der Waals surface area contributed by atoms with E-state index >= 15 is 0 Å².